The molecule has 162 valence electrons. The number of nitro benzene ring substituents is 1. The fraction of sp³-hybridized carbons (Fsp3) is 0.381. The van der Waals surface area contributed by atoms with Crippen molar-refractivity contribution in [1.29, 1.82) is 0 Å². The summed E-state index contributed by atoms with van der Waals surface area (Å²) in [7, 11) is -4.24. The fourth-order valence-electron chi connectivity index (χ4n) is 3.07. The van der Waals surface area contributed by atoms with E-state index in [0.717, 1.165) is 10.4 Å². The van der Waals surface area contributed by atoms with Gasteiger partial charge in [0.15, 0.2) is 0 Å². The number of carbonyl (C=O) groups excluding carboxylic acids is 1. The predicted molar refractivity (Wildman–Crippen MR) is 112 cm³/mol. The highest BCUT2D eigenvalue weighted by Crippen LogP contribution is 2.28. The van der Waals surface area contributed by atoms with Gasteiger partial charge in [0.1, 0.15) is 6.04 Å². The first-order valence-electron chi connectivity index (χ1n) is 9.69. The summed E-state index contributed by atoms with van der Waals surface area (Å²) >= 11 is 0. The number of nitro groups is 1. The van der Waals surface area contributed by atoms with Gasteiger partial charge in [-0.3, -0.25) is 14.9 Å². The molecule has 0 saturated carbocycles. The van der Waals surface area contributed by atoms with Crippen molar-refractivity contribution in [3.8, 4) is 0 Å². The van der Waals surface area contributed by atoms with Crippen LogP contribution >= 0.6 is 0 Å². The summed E-state index contributed by atoms with van der Waals surface area (Å²) in [5, 5.41) is 11.1. The molecule has 0 aromatic heterocycles. The zero-order chi connectivity index (χ0) is 22.3. The monoisotopic (exact) mass is 434 g/mol. The third-order valence-electron chi connectivity index (χ3n) is 4.84. The van der Waals surface area contributed by atoms with Crippen LogP contribution in [0.4, 0.5) is 5.69 Å². The van der Waals surface area contributed by atoms with E-state index in [1.807, 2.05) is 6.92 Å². The molecule has 9 heteroatoms. The second kappa shape index (κ2) is 10.3. The van der Waals surface area contributed by atoms with Gasteiger partial charge in [0.25, 0.3) is 5.69 Å². The summed E-state index contributed by atoms with van der Waals surface area (Å²) in [6.45, 7) is 5.34. The molecule has 0 fully saturated rings. The minimum Gasteiger partial charge on any atom is -0.465 e. The van der Waals surface area contributed by atoms with Gasteiger partial charge in [0.05, 0.1) is 16.4 Å². The maximum absolute atomic E-state index is 13.6. The molecule has 2 aromatic rings. The second-order valence-electron chi connectivity index (χ2n) is 6.87. The van der Waals surface area contributed by atoms with Gasteiger partial charge in [0.2, 0.25) is 10.0 Å². The van der Waals surface area contributed by atoms with E-state index >= 15 is 0 Å². The molecule has 0 N–H and O–H groups in total. The minimum atomic E-state index is -4.24. The molecular weight excluding hydrogens is 408 g/mol. The van der Waals surface area contributed by atoms with Gasteiger partial charge in [-0.25, -0.2) is 8.42 Å². The first-order chi connectivity index (χ1) is 14.2. The normalized spacial score (nSPS) is 13.6. The Labute approximate surface area is 176 Å². The number of benzene rings is 2. The third-order valence-corrected chi connectivity index (χ3v) is 6.66. The van der Waals surface area contributed by atoms with E-state index in [1.54, 1.807) is 44.2 Å². The van der Waals surface area contributed by atoms with Crippen molar-refractivity contribution in [1.82, 2.24) is 4.31 Å². The van der Waals surface area contributed by atoms with Gasteiger partial charge in [0, 0.05) is 18.7 Å². The quantitative estimate of drug-likeness (QED) is 0.320. The zero-order valence-electron chi connectivity index (χ0n) is 17.2. The lowest BCUT2D eigenvalue weighted by atomic mass is 9.99. The van der Waals surface area contributed by atoms with E-state index in [1.165, 1.54) is 18.2 Å². The van der Waals surface area contributed by atoms with Crippen molar-refractivity contribution in [3.05, 3.63) is 70.3 Å². The molecule has 0 bridgehead atoms. The van der Waals surface area contributed by atoms with Crippen LogP contribution in [0.2, 0.25) is 0 Å². The van der Waals surface area contributed by atoms with Crippen LogP contribution in [0.5, 0.6) is 0 Å². The number of non-ortho nitro benzene ring substituents is 1. The molecule has 8 nitrogen and oxygen atoms in total. The molecule has 0 saturated heterocycles. The van der Waals surface area contributed by atoms with Crippen LogP contribution < -0.4 is 0 Å². The Morgan fingerprint density at radius 3 is 2.37 bits per heavy atom. The van der Waals surface area contributed by atoms with Gasteiger partial charge in [-0.2, -0.15) is 4.31 Å². The fourth-order valence-corrected chi connectivity index (χ4v) is 4.78. The van der Waals surface area contributed by atoms with Gasteiger partial charge in [-0.1, -0.05) is 56.7 Å². The van der Waals surface area contributed by atoms with Crippen LogP contribution in [0, 0.1) is 16.0 Å². The lowest BCUT2D eigenvalue weighted by Crippen LogP contribution is -2.48. The molecule has 0 aliphatic heterocycles. The van der Waals surface area contributed by atoms with Gasteiger partial charge < -0.3 is 4.74 Å². The Hall–Kier alpha value is -2.78. The van der Waals surface area contributed by atoms with Crippen LogP contribution in [0.15, 0.2) is 59.5 Å². The highest BCUT2D eigenvalue weighted by Gasteiger charge is 2.40. The van der Waals surface area contributed by atoms with Crippen molar-refractivity contribution < 1.29 is 22.9 Å². The highest BCUT2D eigenvalue weighted by atomic mass is 32.2. The summed E-state index contributed by atoms with van der Waals surface area (Å²) in [6, 6.07) is 12.6. The summed E-state index contributed by atoms with van der Waals surface area (Å²) in [4.78, 5) is 23.0. The molecule has 2 aromatic carbocycles. The van der Waals surface area contributed by atoms with Gasteiger partial charge in [-0.15, -0.1) is 0 Å². The minimum absolute atomic E-state index is 0.0698. The molecular formula is C21H26N2O6S. The highest BCUT2D eigenvalue weighted by molar-refractivity contribution is 7.89. The molecule has 2 atom stereocenters. The molecule has 30 heavy (non-hydrogen) atoms. The third kappa shape index (κ3) is 5.43. The van der Waals surface area contributed by atoms with E-state index < -0.39 is 27.0 Å². The Balaban J connectivity index is 2.62. The molecule has 0 spiro atoms. The maximum Gasteiger partial charge on any atom is 0.324 e. The molecule has 0 aliphatic rings. The standard InChI is InChI=1S/C21H26N2O6S/c1-4-16(3)20(21(24)29-5-2)22(15-17-10-7-6-8-11-17)30(27,28)19-13-9-12-18(14-19)23(25)26/h6-14,16,20H,4-5,15H2,1-3H3. The van der Waals surface area contributed by atoms with Crippen LogP contribution in [0.25, 0.3) is 0 Å². The molecule has 0 aliphatic carbocycles. The number of hydrogen-bond acceptors (Lipinski definition) is 6. The summed E-state index contributed by atoms with van der Waals surface area (Å²) in [6.07, 6.45) is 0.541. The zero-order valence-corrected chi connectivity index (χ0v) is 18.0. The van der Waals surface area contributed by atoms with Crippen LogP contribution in [-0.4, -0.2) is 36.3 Å². The predicted octanol–water partition coefficient (Wildman–Crippen LogP) is 3.76. The molecule has 2 rings (SSSR count). The SMILES string of the molecule is CCOC(=O)C(C(C)CC)N(Cc1ccccc1)S(=O)(=O)c1cccc([N+](=O)[O-])c1. The molecule has 2 unspecified atom stereocenters. The van der Waals surface area contributed by atoms with E-state index in [9.17, 15) is 23.3 Å². The Morgan fingerprint density at radius 1 is 1.13 bits per heavy atom. The summed E-state index contributed by atoms with van der Waals surface area (Å²) < 4.78 is 33.4. The number of sulfonamides is 1. The number of nitrogens with zero attached hydrogens (tertiary/aromatic N) is 2. The van der Waals surface area contributed by atoms with Gasteiger partial charge >= 0.3 is 5.97 Å². The van der Waals surface area contributed by atoms with E-state index in [0.29, 0.717) is 12.0 Å². The van der Waals surface area contributed by atoms with Crippen molar-refractivity contribution in [2.24, 2.45) is 5.92 Å². The lowest BCUT2D eigenvalue weighted by Gasteiger charge is -2.33. The van der Waals surface area contributed by atoms with Crippen molar-refractivity contribution in [2.75, 3.05) is 6.61 Å². The summed E-state index contributed by atoms with van der Waals surface area (Å²) in [5.74, 6) is -0.974. The average Bonchev–Trinajstić information content (AvgIpc) is 2.74. The van der Waals surface area contributed by atoms with Gasteiger partial charge in [-0.05, 0) is 24.5 Å². The molecule has 0 radical (unpaired) electrons. The Bertz CT molecular complexity index is 978. The van der Waals surface area contributed by atoms with Crippen LogP contribution in [0.3, 0.4) is 0 Å². The number of esters is 1. The van der Waals surface area contributed by atoms with E-state index in [-0.39, 0.29) is 29.7 Å². The van der Waals surface area contributed by atoms with Crippen LogP contribution in [-0.2, 0) is 26.1 Å². The Kier molecular flexibility index (Phi) is 8.08. The first kappa shape index (κ1) is 23.5. The number of hydrogen-bond donors (Lipinski definition) is 0. The molecule has 0 heterocycles. The van der Waals surface area contributed by atoms with E-state index in [4.69, 9.17) is 4.74 Å². The Morgan fingerprint density at radius 2 is 1.80 bits per heavy atom. The summed E-state index contributed by atoms with van der Waals surface area (Å²) in [5.41, 5.74) is 0.344. The molecule has 0 amide bonds. The lowest BCUT2D eigenvalue weighted by molar-refractivity contribution is -0.385. The maximum atomic E-state index is 13.6. The number of ether oxygens (including phenoxy) is 1. The second-order valence-corrected chi connectivity index (χ2v) is 8.76. The average molecular weight is 435 g/mol. The van der Waals surface area contributed by atoms with Crippen LogP contribution in [0.1, 0.15) is 32.8 Å². The topological polar surface area (TPSA) is 107 Å². The number of carbonyl (C=O) groups is 1. The smallest absolute Gasteiger partial charge is 0.324 e. The van der Waals surface area contributed by atoms with E-state index in [2.05, 4.69) is 0 Å². The van der Waals surface area contributed by atoms with Crippen molar-refractivity contribution >= 4 is 21.7 Å². The van der Waals surface area contributed by atoms with Crippen molar-refractivity contribution in [3.63, 3.8) is 0 Å². The largest absolute Gasteiger partial charge is 0.465 e. The van der Waals surface area contributed by atoms with Crippen molar-refractivity contribution in [2.45, 2.75) is 44.7 Å². The number of rotatable bonds is 10. The first-order valence-corrected chi connectivity index (χ1v) is 11.1.